The van der Waals surface area contributed by atoms with Gasteiger partial charge in [0, 0.05) is 23.5 Å². The monoisotopic (exact) mass is 310 g/mol. The van der Waals surface area contributed by atoms with Gasteiger partial charge in [-0.3, -0.25) is 10.2 Å². The van der Waals surface area contributed by atoms with Gasteiger partial charge in [-0.2, -0.15) is 0 Å². The second-order valence-corrected chi connectivity index (χ2v) is 6.04. The molecule has 23 heavy (non-hydrogen) atoms. The van der Waals surface area contributed by atoms with Gasteiger partial charge >= 0.3 is 0 Å². The van der Waals surface area contributed by atoms with Crippen LogP contribution < -0.4 is 16.4 Å². The van der Waals surface area contributed by atoms with Gasteiger partial charge in [-0.25, -0.2) is 0 Å². The molecule has 5 heteroatoms. The maximum atomic E-state index is 12.8. The Hall–Kier alpha value is -2.56. The van der Waals surface area contributed by atoms with Crippen LogP contribution in [0.1, 0.15) is 36.3 Å². The van der Waals surface area contributed by atoms with Gasteiger partial charge in [0.2, 0.25) is 5.91 Å². The summed E-state index contributed by atoms with van der Waals surface area (Å²) in [4.78, 5) is 12.8. The normalized spacial score (nSPS) is 19.8. The average Bonchev–Trinajstić information content (AvgIpc) is 2.55. The number of amidine groups is 1. The molecule has 2 aliphatic rings. The van der Waals surface area contributed by atoms with Crippen LogP contribution in [0.3, 0.4) is 0 Å². The molecule has 0 aromatic heterocycles. The fourth-order valence-corrected chi connectivity index (χ4v) is 3.27. The topological polar surface area (TPSA) is 91.0 Å². The number of para-hydroxylation sites is 1. The van der Waals surface area contributed by atoms with E-state index in [-0.39, 0.29) is 17.7 Å². The number of hydrogen-bond acceptors (Lipinski definition) is 3. The molecule has 0 saturated heterocycles. The number of allylic oxidation sites excluding steroid dienone is 2. The van der Waals surface area contributed by atoms with E-state index in [1.54, 1.807) is 0 Å². The Morgan fingerprint density at radius 2 is 2.26 bits per heavy atom. The van der Waals surface area contributed by atoms with E-state index in [1.807, 2.05) is 24.3 Å². The number of hydrogen-bond donors (Lipinski definition) is 4. The molecule has 3 rings (SSSR count). The molecule has 1 heterocycles. The molecule has 0 saturated carbocycles. The van der Waals surface area contributed by atoms with Crippen molar-refractivity contribution in [1.29, 1.82) is 5.41 Å². The molecule has 1 amide bonds. The Labute approximate surface area is 136 Å². The highest BCUT2D eigenvalue weighted by Gasteiger charge is 2.28. The fraction of sp³-hybridized carbons (Fsp3) is 0.333. The minimum Gasteiger partial charge on any atom is -0.385 e. The fourth-order valence-electron chi connectivity index (χ4n) is 3.27. The predicted molar refractivity (Wildman–Crippen MR) is 92.5 cm³/mol. The van der Waals surface area contributed by atoms with Gasteiger partial charge in [0.25, 0.3) is 0 Å². The highest BCUT2D eigenvalue weighted by Crippen LogP contribution is 2.34. The number of fused-ring (bicyclic) bond motifs is 1. The van der Waals surface area contributed by atoms with Crippen molar-refractivity contribution in [3.8, 4) is 0 Å². The first-order valence-electron chi connectivity index (χ1n) is 7.96. The van der Waals surface area contributed by atoms with E-state index in [2.05, 4.69) is 23.6 Å². The summed E-state index contributed by atoms with van der Waals surface area (Å²) >= 11 is 0. The maximum absolute atomic E-state index is 12.8. The Morgan fingerprint density at radius 3 is 3.04 bits per heavy atom. The minimum atomic E-state index is -0.169. The molecular weight excluding hydrogens is 288 g/mol. The number of carbonyl (C=O) groups is 1. The zero-order valence-electron chi connectivity index (χ0n) is 13.3. The third-order valence-corrected chi connectivity index (χ3v) is 4.47. The van der Waals surface area contributed by atoms with Crippen LogP contribution in [0.2, 0.25) is 0 Å². The zero-order chi connectivity index (χ0) is 16.4. The molecule has 1 aromatic carbocycles. The van der Waals surface area contributed by atoms with Crippen LogP contribution in [-0.2, 0) is 4.79 Å². The largest absolute Gasteiger partial charge is 0.385 e. The van der Waals surface area contributed by atoms with Crippen molar-refractivity contribution in [1.82, 2.24) is 5.32 Å². The third kappa shape index (κ3) is 2.99. The Kier molecular flexibility index (Phi) is 4.19. The van der Waals surface area contributed by atoms with Crippen LogP contribution in [-0.4, -0.2) is 18.3 Å². The van der Waals surface area contributed by atoms with Gasteiger partial charge in [-0.05, 0) is 37.3 Å². The molecule has 1 unspecified atom stereocenters. The lowest BCUT2D eigenvalue weighted by molar-refractivity contribution is -0.122. The molecule has 1 aliphatic heterocycles. The molecule has 1 aromatic rings. The van der Waals surface area contributed by atoms with Crippen molar-refractivity contribution in [2.45, 2.75) is 32.1 Å². The number of amides is 1. The van der Waals surface area contributed by atoms with Crippen molar-refractivity contribution in [3.05, 3.63) is 52.7 Å². The Balaban J connectivity index is 1.87. The van der Waals surface area contributed by atoms with Crippen LogP contribution >= 0.6 is 0 Å². The van der Waals surface area contributed by atoms with Crippen molar-refractivity contribution in [2.24, 2.45) is 5.73 Å². The first-order chi connectivity index (χ1) is 11.1. The second kappa shape index (κ2) is 6.28. The highest BCUT2D eigenvalue weighted by atomic mass is 16.1. The van der Waals surface area contributed by atoms with E-state index in [0.29, 0.717) is 12.0 Å². The van der Waals surface area contributed by atoms with Gasteiger partial charge in [0.15, 0.2) is 0 Å². The van der Waals surface area contributed by atoms with E-state index in [0.717, 1.165) is 41.9 Å². The molecule has 0 fully saturated rings. The zero-order valence-corrected chi connectivity index (χ0v) is 13.3. The maximum Gasteiger partial charge on any atom is 0.231 e. The number of carbonyl (C=O) groups excluding carboxylic acids is 1. The van der Waals surface area contributed by atoms with Crippen molar-refractivity contribution < 1.29 is 4.79 Å². The quantitative estimate of drug-likeness (QED) is 0.511. The van der Waals surface area contributed by atoms with Gasteiger partial charge in [-0.1, -0.05) is 30.4 Å². The van der Waals surface area contributed by atoms with Crippen LogP contribution in [0.25, 0.3) is 0 Å². The number of rotatable bonds is 3. The first kappa shape index (κ1) is 15.3. The minimum absolute atomic E-state index is 0.00203. The standard InChI is InChI=1S/C18H22N4O/c1-11-5-4-7-12-13(9-10-21-16(11)12)18(23)22-15-8-3-2-6-14(15)17(19)20/h2,4-7,13,21H,3,8-10H2,1H3,(H3,19,20)(H,22,23). The molecular formula is C18H22N4O. The molecule has 0 bridgehead atoms. The Morgan fingerprint density at radius 1 is 1.43 bits per heavy atom. The van der Waals surface area contributed by atoms with E-state index in [1.165, 1.54) is 0 Å². The second-order valence-electron chi connectivity index (χ2n) is 6.04. The van der Waals surface area contributed by atoms with E-state index >= 15 is 0 Å². The van der Waals surface area contributed by atoms with Crippen LogP contribution in [0, 0.1) is 12.3 Å². The van der Waals surface area contributed by atoms with Crippen molar-refractivity contribution in [3.63, 3.8) is 0 Å². The summed E-state index contributed by atoms with van der Waals surface area (Å²) in [6.07, 6.45) is 6.13. The smallest absolute Gasteiger partial charge is 0.231 e. The lowest BCUT2D eigenvalue weighted by Gasteiger charge is -2.28. The average molecular weight is 310 g/mol. The SMILES string of the molecule is Cc1cccc2c1NCCC2C(=O)NC1=C(C(=N)N)C=CCC1. The van der Waals surface area contributed by atoms with Gasteiger partial charge in [-0.15, -0.1) is 0 Å². The molecule has 120 valence electrons. The summed E-state index contributed by atoms with van der Waals surface area (Å²) in [5, 5.41) is 14.1. The van der Waals surface area contributed by atoms with Gasteiger partial charge < -0.3 is 16.4 Å². The highest BCUT2D eigenvalue weighted by molar-refractivity contribution is 5.99. The van der Waals surface area contributed by atoms with Crippen LogP contribution in [0.5, 0.6) is 0 Å². The lowest BCUT2D eigenvalue weighted by atomic mass is 9.88. The number of anilines is 1. The molecule has 1 atom stereocenters. The van der Waals surface area contributed by atoms with E-state index < -0.39 is 0 Å². The molecule has 1 aliphatic carbocycles. The molecule has 0 radical (unpaired) electrons. The van der Waals surface area contributed by atoms with Gasteiger partial charge in [0.05, 0.1) is 5.92 Å². The number of nitrogens with two attached hydrogens (primary N) is 1. The molecule has 5 nitrogen and oxygen atoms in total. The first-order valence-corrected chi connectivity index (χ1v) is 7.96. The molecule has 5 N–H and O–H groups in total. The van der Waals surface area contributed by atoms with E-state index in [4.69, 9.17) is 11.1 Å². The number of benzene rings is 1. The van der Waals surface area contributed by atoms with Crippen LogP contribution in [0.15, 0.2) is 41.6 Å². The van der Waals surface area contributed by atoms with E-state index in [9.17, 15) is 4.79 Å². The summed E-state index contributed by atoms with van der Waals surface area (Å²) < 4.78 is 0. The van der Waals surface area contributed by atoms with Crippen LogP contribution in [0.4, 0.5) is 5.69 Å². The number of nitrogens with one attached hydrogen (secondary N) is 3. The number of aryl methyl sites for hydroxylation is 1. The Bertz CT molecular complexity index is 718. The molecule has 0 spiro atoms. The summed E-state index contributed by atoms with van der Waals surface area (Å²) in [5.41, 5.74) is 10.3. The summed E-state index contributed by atoms with van der Waals surface area (Å²) in [6.45, 7) is 2.84. The third-order valence-electron chi connectivity index (χ3n) is 4.47. The summed E-state index contributed by atoms with van der Waals surface area (Å²) in [6, 6.07) is 6.05. The lowest BCUT2D eigenvalue weighted by Crippen LogP contribution is -2.34. The van der Waals surface area contributed by atoms with Crippen molar-refractivity contribution in [2.75, 3.05) is 11.9 Å². The van der Waals surface area contributed by atoms with Crippen molar-refractivity contribution >= 4 is 17.4 Å². The summed E-state index contributed by atoms with van der Waals surface area (Å²) in [7, 11) is 0. The predicted octanol–water partition coefficient (Wildman–Crippen LogP) is 2.55. The van der Waals surface area contributed by atoms with Gasteiger partial charge in [0.1, 0.15) is 5.84 Å². The summed E-state index contributed by atoms with van der Waals surface area (Å²) in [5.74, 6) is -0.182.